The summed E-state index contributed by atoms with van der Waals surface area (Å²) in [4.78, 5) is 20.5. The number of H-pyrrole nitrogens is 1. The number of rotatable bonds is 2. The summed E-state index contributed by atoms with van der Waals surface area (Å²) >= 11 is 0. The summed E-state index contributed by atoms with van der Waals surface area (Å²) in [5, 5.41) is 22.0. The molecule has 1 aliphatic rings. The standard InChI is InChI=1S/C16H18N6O3/c1-10-17-16(20-25-10)22-7-6-21(8-11(23)9-22)15(24)14-12-4-2-3-5-13(12)18-19-14/h2-5,11,23H,6-9H2,1H3,(H,18,19)/t11-/m1/s1. The first-order chi connectivity index (χ1) is 12.1. The lowest BCUT2D eigenvalue weighted by Gasteiger charge is -2.20. The van der Waals surface area contributed by atoms with Gasteiger partial charge in [0.1, 0.15) is 0 Å². The fourth-order valence-electron chi connectivity index (χ4n) is 3.05. The second-order valence-electron chi connectivity index (χ2n) is 6.08. The highest BCUT2D eigenvalue weighted by atomic mass is 16.5. The number of aryl methyl sites for hydroxylation is 1. The molecule has 3 aromatic rings. The molecule has 0 saturated carbocycles. The number of aliphatic hydroxyl groups is 1. The summed E-state index contributed by atoms with van der Waals surface area (Å²) in [6.07, 6.45) is -0.713. The van der Waals surface area contributed by atoms with Crippen molar-refractivity contribution in [3.8, 4) is 0 Å². The van der Waals surface area contributed by atoms with Gasteiger partial charge in [0.25, 0.3) is 11.9 Å². The molecule has 1 fully saturated rings. The minimum atomic E-state index is -0.713. The van der Waals surface area contributed by atoms with E-state index in [9.17, 15) is 9.90 Å². The van der Waals surface area contributed by atoms with Crippen molar-refractivity contribution in [2.24, 2.45) is 0 Å². The second kappa shape index (κ2) is 6.17. The number of anilines is 1. The summed E-state index contributed by atoms with van der Waals surface area (Å²) in [5.41, 5.74) is 1.18. The predicted octanol–water partition coefficient (Wildman–Crippen LogP) is 0.578. The van der Waals surface area contributed by atoms with Crippen LogP contribution < -0.4 is 4.90 Å². The molecule has 2 N–H and O–H groups in total. The van der Waals surface area contributed by atoms with Crippen LogP contribution >= 0.6 is 0 Å². The van der Waals surface area contributed by atoms with Gasteiger partial charge in [0.15, 0.2) is 5.69 Å². The molecule has 0 spiro atoms. The average Bonchev–Trinajstić information content (AvgIpc) is 3.17. The molecule has 1 aromatic carbocycles. The van der Waals surface area contributed by atoms with Crippen molar-refractivity contribution in [1.82, 2.24) is 25.2 Å². The van der Waals surface area contributed by atoms with Crippen LogP contribution in [0.5, 0.6) is 0 Å². The number of nitrogens with one attached hydrogen (secondary N) is 1. The Morgan fingerprint density at radius 3 is 2.96 bits per heavy atom. The number of nitrogens with zero attached hydrogens (tertiary/aromatic N) is 5. The number of carbonyl (C=O) groups excluding carboxylic acids is 1. The molecule has 9 heteroatoms. The molecule has 9 nitrogen and oxygen atoms in total. The summed E-state index contributed by atoms with van der Waals surface area (Å²) in [6, 6.07) is 7.48. The molecule has 0 aliphatic carbocycles. The molecule has 1 aliphatic heterocycles. The zero-order valence-electron chi connectivity index (χ0n) is 13.7. The summed E-state index contributed by atoms with van der Waals surface area (Å²) < 4.78 is 5.00. The van der Waals surface area contributed by atoms with Crippen LogP contribution in [0.25, 0.3) is 10.9 Å². The number of benzene rings is 1. The van der Waals surface area contributed by atoms with Crippen molar-refractivity contribution >= 4 is 22.8 Å². The third kappa shape index (κ3) is 2.93. The first-order valence-electron chi connectivity index (χ1n) is 8.07. The van der Waals surface area contributed by atoms with Crippen molar-refractivity contribution in [2.45, 2.75) is 13.0 Å². The minimum Gasteiger partial charge on any atom is -0.389 e. The highest BCUT2D eigenvalue weighted by Crippen LogP contribution is 2.19. The number of β-amino-alcohol motifs (C(OH)–C–C–N with tert-alkyl or cyclic N) is 1. The molecule has 0 unspecified atom stereocenters. The van der Waals surface area contributed by atoms with Gasteiger partial charge >= 0.3 is 0 Å². The summed E-state index contributed by atoms with van der Waals surface area (Å²) in [7, 11) is 0. The topological polar surface area (TPSA) is 111 Å². The van der Waals surface area contributed by atoms with E-state index in [1.54, 1.807) is 11.8 Å². The number of hydrogen-bond donors (Lipinski definition) is 2. The van der Waals surface area contributed by atoms with Gasteiger partial charge in [-0.2, -0.15) is 10.1 Å². The van der Waals surface area contributed by atoms with E-state index in [-0.39, 0.29) is 12.5 Å². The fourth-order valence-corrected chi connectivity index (χ4v) is 3.05. The number of fused-ring (bicyclic) bond motifs is 1. The summed E-state index contributed by atoms with van der Waals surface area (Å²) in [5.74, 6) is 0.684. The average molecular weight is 342 g/mol. The van der Waals surface area contributed by atoms with Gasteiger partial charge in [-0.25, -0.2) is 0 Å². The lowest BCUT2D eigenvalue weighted by atomic mass is 10.2. The van der Waals surface area contributed by atoms with E-state index in [0.717, 1.165) is 10.9 Å². The number of carbonyl (C=O) groups is 1. The van der Waals surface area contributed by atoms with Crippen LogP contribution in [0.1, 0.15) is 16.4 Å². The van der Waals surface area contributed by atoms with Gasteiger partial charge in [-0.15, -0.1) is 0 Å². The smallest absolute Gasteiger partial charge is 0.275 e. The van der Waals surface area contributed by atoms with Crippen LogP contribution in [-0.2, 0) is 0 Å². The molecular weight excluding hydrogens is 324 g/mol. The second-order valence-corrected chi connectivity index (χ2v) is 6.08. The lowest BCUT2D eigenvalue weighted by molar-refractivity contribution is 0.0670. The Labute approximate surface area is 143 Å². The van der Waals surface area contributed by atoms with Gasteiger partial charge in [-0.3, -0.25) is 9.89 Å². The fraction of sp³-hybridized carbons (Fsp3) is 0.375. The van der Waals surface area contributed by atoms with Gasteiger partial charge in [0, 0.05) is 38.5 Å². The number of aromatic amines is 1. The highest BCUT2D eigenvalue weighted by Gasteiger charge is 2.28. The van der Waals surface area contributed by atoms with E-state index in [1.165, 1.54) is 0 Å². The maximum atomic E-state index is 12.9. The Morgan fingerprint density at radius 1 is 1.32 bits per heavy atom. The monoisotopic (exact) mass is 342 g/mol. The Hall–Kier alpha value is -2.94. The van der Waals surface area contributed by atoms with Crippen LogP contribution in [0, 0.1) is 6.92 Å². The molecule has 130 valence electrons. The normalized spacial score (nSPS) is 18.6. The van der Waals surface area contributed by atoms with Crippen LogP contribution in [0.3, 0.4) is 0 Å². The van der Waals surface area contributed by atoms with E-state index >= 15 is 0 Å². The van der Waals surface area contributed by atoms with E-state index in [2.05, 4.69) is 20.3 Å². The number of aromatic nitrogens is 4. The van der Waals surface area contributed by atoms with E-state index in [1.807, 2.05) is 29.2 Å². The van der Waals surface area contributed by atoms with Crippen molar-refractivity contribution in [2.75, 3.05) is 31.1 Å². The molecule has 1 atom stereocenters. The van der Waals surface area contributed by atoms with E-state index < -0.39 is 6.10 Å². The quantitative estimate of drug-likeness (QED) is 0.700. The van der Waals surface area contributed by atoms with Gasteiger partial charge in [-0.1, -0.05) is 18.2 Å². The molecule has 1 amide bonds. The Kier molecular flexibility index (Phi) is 3.85. The Balaban J connectivity index is 1.55. The van der Waals surface area contributed by atoms with E-state index in [0.29, 0.717) is 37.2 Å². The number of amides is 1. The van der Waals surface area contributed by atoms with Crippen molar-refractivity contribution in [3.63, 3.8) is 0 Å². The first-order valence-corrected chi connectivity index (χ1v) is 8.07. The molecule has 25 heavy (non-hydrogen) atoms. The van der Waals surface area contributed by atoms with Crippen LogP contribution in [0.4, 0.5) is 5.95 Å². The lowest BCUT2D eigenvalue weighted by Crippen LogP contribution is -2.38. The molecule has 4 rings (SSSR count). The molecule has 0 bridgehead atoms. The van der Waals surface area contributed by atoms with Gasteiger partial charge < -0.3 is 19.4 Å². The third-order valence-corrected chi connectivity index (χ3v) is 4.26. The zero-order valence-corrected chi connectivity index (χ0v) is 13.7. The van der Waals surface area contributed by atoms with Crippen molar-refractivity contribution < 1.29 is 14.4 Å². The Bertz CT molecular complexity index is 904. The molecule has 1 saturated heterocycles. The highest BCUT2D eigenvalue weighted by molar-refractivity contribution is 6.04. The SMILES string of the molecule is Cc1nc(N2CCN(C(=O)c3n[nH]c4ccccc34)C[C@@H](O)C2)no1. The third-order valence-electron chi connectivity index (χ3n) is 4.26. The predicted molar refractivity (Wildman–Crippen MR) is 89.3 cm³/mol. The maximum Gasteiger partial charge on any atom is 0.275 e. The van der Waals surface area contributed by atoms with Crippen LogP contribution in [0.15, 0.2) is 28.8 Å². The molecular formula is C16H18N6O3. The van der Waals surface area contributed by atoms with Gasteiger partial charge in [-0.05, 0) is 11.2 Å². The Morgan fingerprint density at radius 2 is 2.16 bits per heavy atom. The number of para-hydroxylation sites is 1. The minimum absolute atomic E-state index is 0.206. The van der Waals surface area contributed by atoms with Gasteiger partial charge in [0.2, 0.25) is 5.89 Å². The van der Waals surface area contributed by atoms with Gasteiger partial charge in [0.05, 0.1) is 11.6 Å². The number of hydrogen-bond acceptors (Lipinski definition) is 7. The zero-order chi connectivity index (χ0) is 17.4. The maximum absolute atomic E-state index is 12.9. The molecule has 0 radical (unpaired) electrons. The van der Waals surface area contributed by atoms with Crippen molar-refractivity contribution in [3.05, 3.63) is 35.9 Å². The summed E-state index contributed by atoms with van der Waals surface area (Å²) in [6.45, 7) is 3.22. The van der Waals surface area contributed by atoms with E-state index in [4.69, 9.17) is 4.52 Å². The molecule has 3 heterocycles. The van der Waals surface area contributed by atoms with Crippen LogP contribution in [0.2, 0.25) is 0 Å². The largest absolute Gasteiger partial charge is 0.389 e. The van der Waals surface area contributed by atoms with Crippen molar-refractivity contribution in [1.29, 1.82) is 0 Å². The first kappa shape index (κ1) is 15.6. The number of aliphatic hydroxyl groups excluding tert-OH is 1. The van der Waals surface area contributed by atoms with Crippen LogP contribution in [-0.4, -0.2) is 68.5 Å². The molecule has 2 aromatic heterocycles.